The monoisotopic (exact) mass is 243 g/mol. The number of nitriles is 1. The standard InChI is InChI=1S/C15H21N3/c1-15(2)9-12(10-16)7-8-18(15)14-6-4-3-5-13(14)11-17/h3-6,12H,7-10,16H2,1-2H3. The Labute approximate surface area is 109 Å². The highest BCUT2D eigenvalue weighted by Crippen LogP contribution is 2.36. The molecule has 2 rings (SSSR count). The van der Waals surface area contributed by atoms with Crippen LogP contribution in [0.3, 0.4) is 0 Å². The van der Waals surface area contributed by atoms with Gasteiger partial charge >= 0.3 is 0 Å². The molecule has 0 radical (unpaired) electrons. The van der Waals surface area contributed by atoms with Crippen molar-refractivity contribution < 1.29 is 0 Å². The molecule has 1 aliphatic heterocycles. The average Bonchev–Trinajstić information content (AvgIpc) is 2.37. The second-order valence-corrected chi connectivity index (χ2v) is 5.69. The Bertz CT molecular complexity index is 459. The normalized spacial score (nSPS) is 22.6. The quantitative estimate of drug-likeness (QED) is 0.868. The molecule has 2 N–H and O–H groups in total. The van der Waals surface area contributed by atoms with Gasteiger partial charge in [-0.3, -0.25) is 0 Å². The van der Waals surface area contributed by atoms with Crippen LogP contribution in [0.15, 0.2) is 24.3 Å². The molecule has 1 heterocycles. The Kier molecular flexibility index (Phi) is 3.58. The third-order valence-corrected chi connectivity index (χ3v) is 3.93. The third kappa shape index (κ3) is 2.34. The van der Waals surface area contributed by atoms with E-state index >= 15 is 0 Å². The van der Waals surface area contributed by atoms with Crippen molar-refractivity contribution in [1.82, 2.24) is 0 Å². The minimum atomic E-state index is 0.0647. The Balaban J connectivity index is 2.31. The maximum Gasteiger partial charge on any atom is 0.101 e. The van der Waals surface area contributed by atoms with Crippen LogP contribution in [0, 0.1) is 17.2 Å². The summed E-state index contributed by atoms with van der Waals surface area (Å²) in [7, 11) is 0. The zero-order valence-corrected chi connectivity index (χ0v) is 11.2. The lowest BCUT2D eigenvalue weighted by Gasteiger charge is -2.47. The first-order valence-corrected chi connectivity index (χ1v) is 6.55. The maximum atomic E-state index is 9.22. The summed E-state index contributed by atoms with van der Waals surface area (Å²) < 4.78 is 0. The van der Waals surface area contributed by atoms with Gasteiger partial charge in [-0.2, -0.15) is 5.26 Å². The lowest BCUT2D eigenvalue weighted by atomic mass is 9.82. The lowest BCUT2D eigenvalue weighted by molar-refractivity contribution is 0.279. The molecule has 1 aliphatic rings. The summed E-state index contributed by atoms with van der Waals surface area (Å²) >= 11 is 0. The fourth-order valence-electron chi connectivity index (χ4n) is 2.98. The Morgan fingerprint density at radius 1 is 1.44 bits per heavy atom. The Morgan fingerprint density at radius 3 is 2.78 bits per heavy atom. The van der Waals surface area contributed by atoms with Gasteiger partial charge in [0.1, 0.15) is 6.07 Å². The molecule has 1 aromatic rings. The van der Waals surface area contributed by atoms with Crippen LogP contribution < -0.4 is 10.6 Å². The van der Waals surface area contributed by atoms with Crippen molar-refractivity contribution >= 4 is 5.69 Å². The molecule has 0 aromatic heterocycles. The highest BCUT2D eigenvalue weighted by Gasteiger charge is 2.35. The Morgan fingerprint density at radius 2 is 2.17 bits per heavy atom. The predicted octanol–water partition coefficient (Wildman–Crippen LogP) is 2.51. The highest BCUT2D eigenvalue weighted by atomic mass is 15.2. The molecule has 3 heteroatoms. The van der Waals surface area contributed by atoms with E-state index in [4.69, 9.17) is 5.73 Å². The first kappa shape index (κ1) is 12.9. The minimum Gasteiger partial charge on any atom is -0.365 e. The van der Waals surface area contributed by atoms with Crippen LogP contribution >= 0.6 is 0 Å². The van der Waals surface area contributed by atoms with Crippen LogP contribution in [0.2, 0.25) is 0 Å². The molecule has 1 saturated heterocycles. The van der Waals surface area contributed by atoms with Crippen LogP contribution in [-0.4, -0.2) is 18.6 Å². The summed E-state index contributed by atoms with van der Waals surface area (Å²) in [5.41, 5.74) is 7.68. The molecule has 1 unspecified atom stereocenters. The van der Waals surface area contributed by atoms with Gasteiger partial charge < -0.3 is 10.6 Å². The third-order valence-electron chi connectivity index (χ3n) is 3.93. The van der Waals surface area contributed by atoms with E-state index in [0.29, 0.717) is 5.92 Å². The van der Waals surface area contributed by atoms with Gasteiger partial charge in [-0.25, -0.2) is 0 Å². The number of rotatable bonds is 2. The summed E-state index contributed by atoms with van der Waals surface area (Å²) in [6, 6.07) is 10.1. The van der Waals surface area contributed by atoms with Crippen molar-refractivity contribution in [2.24, 2.45) is 11.7 Å². The second kappa shape index (κ2) is 4.99. The summed E-state index contributed by atoms with van der Waals surface area (Å²) in [5.74, 6) is 0.602. The van der Waals surface area contributed by atoms with E-state index in [1.165, 1.54) is 0 Å². The number of nitrogens with two attached hydrogens (primary N) is 1. The smallest absolute Gasteiger partial charge is 0.101 e. The van der Waals surface area contributed by atoms with Crippen molar-refractivity contribution in [2.45, 2.75) is 32.2 Å². The first-order chi connectivity index (χ1) is 8.58. The van der Waals surface area contributed by atoms with E-state index in [-0.39, 0.29) is 5.54 Å². The Hall–Kier alpha value is -1.53. The molecule has 0 spiro atoms. The molecule has 1 atom stereocenters. The number of piperidine rings is 1. The second-order valence-electron chi connectivity index (χ2n) is 5.69. The number of anilines is 1. The number of hydrogen-bond acceptors (Lipinski definition) is 3. The average molecular weight is 243 g/mol. The van der Waals surface area contributed by atoms with Gasteiger partial charge in [0, 0.05) is 12.1 Å². The van der Waals surface area contributed by atoms with Crippen LogP contribution in [0.25, 0.3) is 0 Å². The zero-order chi connectivity index (χ0) is 13.2. The molecule has 0 aliphatic carbocycles. The summed E-state index contributed by atoms with van der Waals surface area (Å²) in [6.45, 7) is 6.22. The van der Waals surface area contributed by atoms with Gasteiger partial charge in [-0.05, 0) is 51.3 Å². The van der Waals surface area contributed by atoms with Crippen LogP contribution in [0.1, 0.15) is 32.3 Å². The van der Waals surface area contributed by atoms with Crippen molar-refractivity contribution in [3.8, 4) is 6.07 Å². The summed E-state index contributed by atoms with van der Waals surface area (Å²) in [4.78, 5) is 2.36. The number of nitrogens with zero attached hydrogens (tertiary/aromatic N) is 2. The van der Waals surface area contributed by atoms with E-state index in [9.17, 15) is 5.26 Å². The molecule has 1 aromatic carbocycles. The topological polar surface area (TPSA) is 53.0 Å². The number of para-hydroxylation sites is 1. The predicted molar refractivity (Wildman–Crippen MR) is 74.4 cm³/mol. The maximum absolute atomic E-state index is 9.22. The van der Waals surface area contributed by atoms with Crippen LogP contribution in [0.4, 0.5) is 5.69 Å². The molecular weight excluding hydrogens is 222 g/mol. The van der Waals surface area contributed by atoms with Gasteiger partial charge in [0.15, 0.2) is 0 Å². The molecule has 0 bridgehead atoms. The van der Waals surface area contributed by atoms with Crippen molar-refractivity contribution in [3.05, 3.63) is 29.8 Å². The van der Waals surface area contributed by atoms with Crippen LogP contribution in [-0.2, 0) is 0 Å². The SMILES string of the molecule is CC1(C)CC(CN)CCN1c1ccccc1C#N. The van der Waals surface area contributed by atoms with E-state index in [2.05, 4.69) is 24.8 Å². The van der Waals surface area contributed by atoms with Gasteiger partial charge in [-0.1, -0.05) is 12.1 Å². The van der Waals surface area contributed by atoms with Gasteiger partial charge in [-0.15, -0.1) is 0 Å². The molecule has 18 heavy (non-hydrogen) atoms. The minimum absolute atomic E-state index is 0.0647. The molecule has 3 nitrogen and oxygen atoms in total. The van der Waals surface area contributed by atoms with Crippen molar-refractivity contribution in [2.75, 3.05) is 18.0 Å². The van der Waals surface area contributed by atoms with E-state index in [1.54, 1.807) is 0 Å². The zero-order valence-electron chi connectivity index (χ0n) is 11.2. The van der Waals surface area contributed by atoms with Crippen molar-refractivity contribution in [1.29, 1.82) is 5.26 Å². The van der Waals surface area contributed by atoms with Gasteiger partial charge in [0.25, 0.3) is 0 Å². The highest BCUT2D eigenvalue weighted by molar-refractivity contribution is 5.60. The van der Waals surface area contributed by atoms with E-state index in [1.807, 2.05) is 24.3 Å². The molecule has 1 fully saturated rings. The largest absolute Gasteiger partial charge is 0.365 e. The first-order valence-electron chi connectivity index (χ1n) is 6.55. The molecular formula is C15H21N3. The van der Waals surface area contributed by atoms with Crippen molar-refractivity contribution in [3.63, 3.8) is 0 Å². The molecule has 0 amide bonds. The van der Waals surface area contributed by atoms with Gasteiger partial charge in [0.05, 0.1) is 11.3 Å². The number of hydrogen-bond donors (Lipinski definition) is 1. The molecule has 96 valence electrons. The fourth-order valence-corrected chi connectivity index (χ4v) is 2.98. The summed E-state index contributed by atoms with van der Waals surface area (Å²) in [6.07, 6.45) is 2.20. The van der Waals surface area contributed by atoms with Crippen LogP contribution in [0.5, 0.6) is 0 Å². The summed E-state index contributed by atoms with van der Waals surface area (Å²) in [5, 5.41) is 9.22. The van der Waals surface area contributed by atoms with E-state index in [0.717, 1.165) is 37.2 Å². The number of benzene rings is 1. The molecule has 0 saturated carbocycles. The van der Waals surface area contributed by atoms with E-state index < -0.39 is 0 Å². The lowest BCUT2D eigenvalue weighted by Crippen LogP contribution is -2.51. The van der Waals surface area contributed by atoms with Gasteiger partial charge in [0.2, 0.25) is 0 Å². The fraction of sp³-hybridized carbons (Fsp3) is 0.533.